The molecule has 9 heteroatoms. The fourth-order valence-electron chi connectivity index (χ4n) is 2.69. The lowest BCUT2D eigenvalue weighted by molar-refractivity contribution is -0.118. The average Bonchev–Trinajstić information content (AvgIpc) is 3.24. The summed E-state index contributed by atoms with van der Waals surface area (Å²) in [7, 11) is 4.77. The predicted octanol–water partition coefficient (Wildman–Crippen LogP) is 2.70. The van der Waals surface area contributed by atoms with Crippen LogP contribution in [0.5, 0.6) is 17.2 Å². The minimum absolute atomic E-state index is 0.112. The molecule has 0 saturated heterocycles. The number of para-hydroxylation sites is 2. The molecule has 0 aliphatic heterocycles. The third kappa shape index (κ3) is 5.00. The van der Waals surface area contributed by atoms with Crippen molar-refractivity contribution in [2.45, 2.75) is 11.7 Å². The zero-order valence-corrected chi connectivity index (χ0v) is 17.2. The molecule has 1 heterocycles. The van der Waals surface area contributed by atoms with Crippen molar-refractivity contribution in [2.24, 2.45) is 0 Å². The molecule has 0 bridgehead atoms. The number of nitrogens with zero attached hydrogens (tertiary/aromatic N) is 3. The van der Waals surface area contributed by atoms with Crippen molar-refractivity contribution >= 4 is 17.7 Å². The van der Waals surface area contributed by atoms with Gasteiger partial charge in [0, 0.05) is 6.54 Å². The molecular formula is C20H22N4O4S. The first-order chi connectivity index (χ1) is 14.2. The van der Waals surface area contributed by atoms with Gasteiger partial charge in [0.25, 0.3) is 0 Å². The lowest BCUT2D eigenvalue weighted by atomic mass is 10.2. The van der Waals surface area contributed by atoms with Crippen LogP contribution in [0.2, 0.25) is 0 Å². The molecule has 0 fully saturated rings. The topological polar surface area (TPSA) is 87.5 Å². The number of ether oxygens (including phenoxy) is 3. The Labute approximate surface area is 173 Å². The first-order valence-corrected chi connectivity index (χ1v) is 9.78. The number of carbonyl (C=O) groups excluding carboxylic acids is 1. The van der Waals surface area contributed by atoms with Gasteiger partial charge in [0.15, 0.2) is 16.7 Å². The van der Waals surface area contributed by atoms with Gasteiger partial charge in [0.1, 0.15) is 12.1 Å². The van der Waals surface area contributed by atoms with Gasteiger partial charge in [-0.25, -0.2) is 0 Å². The van der Waals surface area contributed by atoms with Gasteiger partial charge in [-0.3, -0.25) is 9.36 Å². The number of thioether (sulfide) groups is 1. The average molecular weight is 414 g/mol. The highest BCUT2D eigenvalue weighted by atomic mass is 32.2. The minimum Gasteiger partial charge on any atom is -0.495 e. The van der Waals surface area contributed by atoms with Crippen molar-refractivity contribution in [1.82, 2.24) is 20.1 Å². The summed E-state index contributed by atoms with van der Waals surface area (Å²) in [5, 5.41) is 11.6. The van der Waals surface area contributed by atoms with E-state index in [9.17, 15) is 4.79 Å². The molecule has 152 valence electrons. The summed E-state index contributed by atoms with van der Waals surface area (Å²) < 4.78 is 17.7. The minimum atomic E-state index is -0.112. The molecule has 0 unspecified atom stereocenters. The maximum absolute atomic E-state index is 12.3. The first-order valence-electron chi connectivity index (χ1n) is 8.80. The van der Waals surface area contributed by atoms with Crippen LogP contribution in [0.4, 0.5) is 0 Å². The van der Waals surface area contributed by atoms with Gasteiger partial charge >= 0.3 is 0 Å². The molecule has 29 heavy (non-hydrogen) atoms. The van der Waals surface area contributed by atoms with Gasteiger partial charge in [0.05, 0.1) is 32.8 Å². The van der Waals surface area contributed by atoms with Crippen LogP contribution < -0.4 is 19.5 Å². The number of methoxy groups -OCH3 is 3. The van der Waals surface area contributed by atoms with Crippen LogP contribution in [0, 0.1) is 0 Å². The van der Waals surface area contributed by atoms with Crippen molar-refractivity contribution in [3.05, 3.63) is 54.4 Å². The summed E-state index contributed by atoms with van der Waals surface area (Å²) in [6.07, 6.45) is 1.60. The number of aromatic nitrogens is 3. The number of hydrogen-bond donors (Lipinski definition) is 1. The summed E-state index contributed by atoms with van der Waals surface area (Å²) in [6, 6.07) is 13.1. The number of rotatable bonds is 9. The van der Waals surface area contributed by atoms with Crippen LogP contribution in [0.15, 0.2) is 53.9 Å². The highest BCUT2D eigenvalue weighted by Crippen LogP contribution is 2.28. The smallest absolute Gasteiger partial charge is 0.230 e. The molecule has 0 spiro atoms. The fourth-order valence-corrected chi connectivity index (χ4v) is 3.44. The van der Waals surface area contributed by atoms with Crippen LogP contribution in [-0.2, 0) is 11.3 Å². The van der Waals surface area contributed by atoms with E-state index in [1.54, 1.807) is 32.2 Å². The number of hydrogen-bond acceptors (Lipinski definition) is 7. The quantitative estimate of drug-likeness (QED) is 0.539. The Morgan fingerprint density at radius 2 is 1.79 bits per heavy atom. The standard InChI is InChI=1S/C20H22N4O4S/c1-26-16-7-5-4-6-15(16)24-13-22-23-20(24)29-12-19(25)21-11-14-8-9-17(27-2)18(10-14)28-3/h4-10,13H,11-12H2,1-3H3,(H,21,25). The van der Waals surface area contributed by atoms with E-state index in [0.717, 1.165) is 11.3 Å². The molecule has 3 rings (SSSR count). The molecule has 0 atom stereocenters. The monoisotopic (exact) mass is 414 g/mol. The van der Waals surface area contributed by atoms with Gasteiger partial charge in [0.2, 0.25) is 5.91 Å². The van der Waals surface area contributed by atoms with E-state index < -0.39 is 0 Å². The molecular weight excluding hydrogens is 392 g/mol. The van der Waals surface area contributed by atoms with Gasteiger partial charge in [-0.05, 0) is 29.8 Å². The van der Waals surface area contributed by atoms with Crippen LogP contribution in [0.25, 0.3) is 5.69 Å². The predicted molar refractivity (Wildman–Crippen MR) is 110 cm³/mol. The van der Waals surface area contributed by atoms with Gasteiger partial charge in [-0.2, -0.15) is 0 Å². The van der Waals surface area contributed by atoms with Crippen LogP contribution in [0.1, 0.15) is 5.56 Å². The Balaban J connectivity index is 1.59. The zero-order chi connectivity index (χ0) is 20.6. The molecule has 8 nitrogen and oxygen atoms in total. The van der Waals surface area contributed by atoms with E-state index in [2.05, 4.69) is 15.5 Å². The first kappa shape index (κ1) is 20.5. The van der Waals surface area contributed by atoms with Gasteiger partial charge in [-0.1, -0.05) is 30.0 Å². The molecule has 0 radical (unpaired) electrons. The zero-order valence-electron chi connectivity index (χ0n) is 16.4. The van der Waals surface area contributed by atoms with E-state index >= 15 is 0 Å². The summed E-state index contributed by atoms with van der Waals surface area (Å²) in [4.78, 5) is 12.3. The maximum atomic E-state index is 12.3. The Bertz CT molecular complexity index is 977. The number of amides is 1. The molecule has 0 saturated carbocycles. The third-order valence-electron chi connectivity index (χ3n) is 4.13. The molecule has 0 aliphatic carbocycles. The van der Waals surface area contributed by atoms with Crippen LogP contribution in [0.3, 0.4) is 0 Å². The third-order valence-corrected chi connectivity index (χ3v) is 5.07. The lowest BCUT2D eigenvalue weighted by Crippen LogP contribution is -2.24. The Morgan fingerprint density at radius 1 is 1.03 bits per heavy atom. The number of nitrogens with one attached hydrogen (secondary N) is 1. The molecule has 3 aromatic rings. The van der Waals surface area contributed by atoms with Crippen molar-refractivity contribution in [3.63, 3.8) is 0 Å². The lowest BCUT2D eigenvalue weighted by Gasteiger charge is -2.11. The molecule has 1 amide bonds. The number of benzene rings is 2. The maximum Gasteiger partial charge on any atom is 0.230 e. The normalized spacial score (nSPS) is 10.4. The van der Waals surface area contributed by atoms with Crippen molar-refractivity contribution in [1.29, 1.82) is 0 Å². The van der Waals surface area contributed by atoms with E-state index in [-0.39, 0.29) is 11.7 Å². The highest BCUT2D eigenvalue weighted by Gasteiger charge is 2.13. The second-order valence-electron chi connectivity index (χ2n) is 5.91. The molecule has 0 aliphatic rings. The van der Waals surface area contributed by atoms with Crippen LogP contribution in [-0.4, -0.2) is 47.8 Å². The SMILES string of the molecule is COc1ccc(CNC(=O)CSc2nncn2-c2ccccc2OC)cc1OC. The highest BCUT2D eigenvalue weighted by molar-refractivity contribution is 7.99. The Morgan fingerprint density at radius 3 is 2.55 bits per heavy atom. The second-order valence-corrected chi connectivity index (χ2v) is 6.85. The molecule has 1 aromatic heterocycles. The summed E-state index contributed by atoms with van der Waals surface area (Å²) in [5.74, 6) is 2.07. The number of carbonyl (C=O) groups is 1. The summed E-state index contributed by atoms with van der Waals surface area (Å²) >= 11 is 1.30. The van der Waals surface area contributed by atoms with E-state index in [0.29, 0.717) is 28.9 Å². The van der Waals surface area contributed by atoms with Crippen LogP contribution >= 0.6 is 11.8 Å². The summed E-state index contributed by atoms with van der Waals surface area (Å²) in [6.45, 7) is 0.388. The van der Waals surface area contributed by atoms with Crippen molar-refractivity contribution in [3.8, 4) is 22.9 Å². The summed E-state index contributed by atoms with van der Waals surface area (Å²) in [5.41, 5.74) is 1.73. The largest absolute Gasteiger partial charge is 0.495 e. The Kier molecular flexibility index (Phi) is 6.96. The molecule has 1 N–H and O–H groups in total. The van der Waals surface area contributed by atoms with Gasteiger partial charge < -0.3 is 19.5 Å². The second kappa shape index (κ2) is 9.83. The van der Waals surface area contributed by atoms with E-state index in [4.69, 9.17) is 14.2 Å². The van der Waals surface area contributed by atoms with Crippen molar-refractivity contribution < 1.29 is 19.0 Å². The van der Waals surface area contributed by atoms with Crippen molar-refractivity contribution in [2.75, 3.05) is 27.1 Å². The van der Waals surface area contributed by atoms with E-state index in [1.807, 2.05) is 42.5 Å². The van der Waals surface area contributed by atoms with Gasteiger partial charge in [-0.15, -0.1) is 10.2 Å². The molecule has 2 aromatic carbocycles. The van der Waals surface area contributed by atoms with E-state index in [1.165, 1.54) is 11.8 Å². The Hall–Kier alpha value is -3.20. The fraction of sp³-hybridized carbons (Fsp3) is 0.250.